The molecule has 1 aliphatic rings. The highest BCUT2D eigenvalue weighted by atomic mass is 35.5. The third-order valence-corrected chi connectivity index (χ3v) is 2.48. The lowest BCUT2D eigenvalue weighted by molar-refractivity contribution is 0.302. The largest absolute Gasteiger partial charge is 0.489 e. The van der Waals surface area contributed by atoms with Crippen molar-refractivity contribution in [2.24, 2.45) is 0 Å². The number of pyridine rings is 1. The molecule has 0 aliphatic heterocycles. The smallest absolute Gasteiger partial charge is 0.141 e. The molecule has 1 fully saturated rings. The Morgan fingerprint density at radius 3 is 3.00 bits per heavy atom. The average Bonchev–Trinajstić information content (AvgIpc) is 2.92. The van der Waals surface area contributed by atoms with Crippen LogP contribution in [0.5, 0.6) is 5.75 Å². The van der Waals surface area contributed by atoms with E-state index in [1.54, 1.807) is 6.20 Å². The zero-order chi connectivity index (χ0) is 9.26. The molecule has 0 amide bonds. The van der Waals surface area contributed by atoms with Crippen molar-refractivity contribution in [3.05, 3.63) is 23.0 Å². The number of halogens is 1. The summed E-state index contributed by atoms with van der Waals surface area (Å²) in [4.78, 5) is 4.17. The van der Waals surface area contributed by atoms with Gasteiger partial charge in [-0.05, 0) is 19.3 Å². The quantitative estimate of drug-likeness (QED) is 0.744. The van der Waals surface area contributed by atoms with Gasteiger partial charge in [0.2, 0.25) is 0 Å². The molecule has 0 atom stereocenters. The zero-order valence-corrected chi connectivity index (χ0v) is 8.34. The van der Waals surface area contributed by atoms with Gasteiger partial charge in [0.05, 0.1) is 11.8 Å². The first-order valence-corrected chi connectivity index (χ1v) is 4.99. The number of ether oxygens (including phenoxy) is 1. The second kappa shape index (κ2) is 3.54. The van der Waals surface area contributed by atoms with E-state index in [1.807, 2.05) is 13.0 Å². The van der Waals surface area contributed by atoms with E-state index >= 15 is 0 Å². The van der Waals surface area contributed by atoms with Crippen LogP contribution in [0.25, 0.3) is 0 Å². The van der Waals surface area contributed by atoms with Crippen molar-refractivity contribution >= 4 is 11.6 Å². The van der Waals surface area contributed by atoms with Crippen LogP contribution in [0, 0.1) is 0 Å². The summed E-state index contributed by atoms with van der Waals surface area (Å²) < 4.78 is 5.63. The van der Waals surface area contributed by atoms with Gasteiger partial charge in [0, 0.05) is 12.3 Å². The predicted octanol–water partition coefficient (Wildman–Crippen LogP) is 2.84. The summed E-state index contributed by atoms with van der Waals surface area (Å²) in [7, 11) is 0. The van der Waals surface area contributed by atoms with Crippen molar-refractivity contribution in [1.29, 1.82) is 0 Å². The molecule has 0 spiro atoms. The van der Waals surface area contributed by atoms with Gasteiger partial charge in [-0.1, -0.05) is 18.5 Å². The summed E-state index contributed by atoms with van der Waals surface area (Å²) >= 11 is 6.09. The third-order valence-electron chi connectivity index (χ3n) is 2.08. The molecule has 0 unspecified atom stereocenters. The van der Waals surface area contributed by atoms with Crippen molar-refractivity contribution < 1.29 is 4.74 Å². The van der Waals surface area contributed by atoms with E-state index in [4.69, 9.17) is 16.3 Å². The molecule has 70 valence electrons. The molecule has 1 aromatic rings. The van der Waals surface area contributed by atoms with Crippen LogP contribution < -0.4 is 4.74 Å². The Morgan fingerprint density at radius 1 is 1.62 bits per heavy atom. The Bertz CT molecular complexity index is 310. The Kier molecular flexibility index (Phi) is 2.40. The van der Waals surface area contributed by atoms with Gasteiger partial charge < -0.3 is 4.74 Å². The van der Waals surface area contributed by atoms with Gasteiger partial charge in [0.1, 0.15) is 10.8 Å². The van der Waals surface area contributed by atoms with Crippen LogP contribution >= 0.6 is 11.6 Å². The zero-order valence-electron chi connectivity index (χ0n) is 7.59. The maximum Gasteiger partial charge on any atom is 0.141 e. The number of rotatable bonds is 3. The van der Waals surface area contributed by atoms with Crippen molar-refractivity contribution in [3.8, 4) is 5.75 Å². The minimum atomic E-state index is 0.393. The van der Waals surface area contributed by atoms with Gasteiger partial charge in [-0.15, -0.1) is 0 Å². The van der Waals surface area contributed by atoms with Crippen molar-refractivity contribution in [1.82, 2.24) is 4.98 Å². The van der Waals surface area contributed by atoms with Gasteiger partial charge in [0.15, 0.2) is 0 Å². The number of nitrogens with zero attached hydrogens (tertiary/aromatic N) is 1. The highest BCUT2D eigenvalue weighted by molar-refractivity contribution is 6.32. The minimum absolute atomic E-state index is 0.393. The molecule has 0 radical (unpaired) electrons. The van der Waals surface area contributed by atoms with Crippen molar-refractivity contribution in [3.63, 3.8) is 0 Å². The molecule has 13 heavy (non-hydrogen) atoms. The molecular weight excluding hydrogens is 186 g/mol. The first-order chi connectivity index (χ1) is 6.31. The van der Waals surface area contributed by atoms with E-state index in [9.17, 15) is 0 Å². The Morgan fingerprint density at radius 2 is 2.38 bits per heavy atom. The van der Waals surface area contributed by atoms with Crippen LogP contribution in [-0.2, 0) is 6.42 Å². The average molecular weight is 198 g/mol. The summed E-state index contributed by atoms with van der Waals surface area (Å²) in [5, 5.41) is 0.678. The summed E-state index contributed by atoms with van der Waals surface area (Å²) in [5.74, 6) is 0.788. The van der Waals surface area contributed by atoms with Crippen LogP contribution in [0.15, 0.2) is 12.3 Å². The van der Waals surface area contributed by atoms with Crippen LogP contribution in [-0.4, -0.2) is 11.1 Å². The molecule has 0 N–H and O–H groups in total. The molecular formula is C10H12ClNO. The molecule has 1 aliphatic carbocycles. The molecule has 1 aromatic heterocycles. The van der Waals surface area contributed by atoms with E-state index in [2.05, 4.69) is 4.98 Å². The Balaban J connectivity index is 2.22. The second-order valence-corrected chi connectivity index (χ2v) is 3.62. The van der Waals surface area contributed by atoms with E-state index in [0.29, 0.717) is 11.1 Å². The maximum atomic E-state index is 6.09. The summed E-state index contributed by atoms with van der Waals surface area (Å²) in [6, 6.07) is 1.83. The minimum Gasteiger partial charge on any atom is -0.489 e. The van der Waals surface area contributed by atoms with Crippen LogP contribution in [0.2, 0.25) is 5.02 Å². The fourth-order valence-electron chi connectivity index (χ4n) is 1.17. The lowest BCUT2D eigenvalue weighted by Gasteiger charge is -2.08. The lowest BCUT2D eigenvalue weighted by atomic mass is 10.3. The Labute approximate surface area is 82.9 Å². The number of hydrogen-bond donors (Lipinski definition) is 0. The summed E-state index contributed by atoms with van der Waals surface area (Å²) in [6.45, 7) is 2.04. The third kappa shape index (κ3) is 1.94. The molecule has 1 saturated carbocycles. The number of aromatic nitrogens is 1. The van der Waals surface area contributed by atoms with Gasteiger partial charge in [-0.2, -0.15) is 0 Å². The van der Waals surface area contributed by atoms with Crippen LogP contribution in [0.4, 0.5) is 0 Å². The van der Waals surface area contributed by atoms with Crippen molar-refractivity contribution in [2.75, 3.05) is 0 Å². The number of aryl methyl sites for hydroxylation is 1. The fraction of sp³-hybridized carbons (Fsp3) is 0.500. The highest BCUT2D eigenvalue weighted by Gasteiger charge is 2.24. The SMILES string of the molecule is CCc1nccc(OC2CC2)c1Cl. The van der Waals surface area contributed by atoms with Crippen LogP contribution in [0.1, 0.15) is 25.5 Å². The topological polar surface area (TPSA) is 22.1 Å². The van der Waals surface area contributed by atoms with E-state index in [1.165, 1.54) is 0 Å². The summed E-state index contributed by atoms with van der Waals surface area (Å²) in [5.41, 5.74) is 0.916. The first kappa shape index (κ1) is 8.82. The molecule has 3 heteroatoms. The normalized spacial score (nSPS) is 15.8. The van der Waals surface area contributed by atoms with E-state index < -0.39 is 0 Å². The monoisotopic (exact) mass is 197 g/mol. The van der Waals surface area contributed by atoms with Crippen molar-refractivity contribution in [2.45, 2.75) is 32.3 Å². The first-order valence-electron chi connectivity index (χ1n) is 4.61. The molecule has 0 bridgehead atoms. The van der Waals surface area contributed by atoms with Gasteiger partial charge >= 0.3 is 0 Å². The second-order valence-electron chi connectivity index (χ2n) is 3.24. The van der Waals surface area contributed by atoms with E-state index in [-0.39, 0.29) is 0 Å². The van der Waals surface area contributed by atoms with Crippen LogP contribution in [0.3, 0.4) is 0 Å². The highest BCUT2D eigenvalue weighted by Crippen LogP contribution is 2.32. The van der Waals surface area contributed by atoms with Gasteiger partial charge in [-0.25, -0.2) is 0 Å². The molecule has 1 heterocycles. The number of hydrogen-bond acceptors (Lipinski definition) is 2. The lowest BCUT2D eigenvalue weighted by Crippen LogP contribution is -1.99. The molecule has 0 aromatic carbocycles. The fourth-order valence-corrected chi connectivity index (χ4v) is 1.46. The standard InChI is InChI=1S/C10H12ClNO/c1-2-8-10(11)9(5-6-12-8)13-7-3-4-7/h5-7H,2-4H2,1H3. The van der Waals surface area contributed by atoms with Gasteiger partial charge in [-0.3, -0.25) is 4.98 Å². The maximum absolute atomic E-state index is 6.09. The molecule has 0 saturated heterocycles. The predicted molar refractivity (Wildman–Crippen MR) is 52.3 cm³/mol. The summed E-state index contributed by atoms with van der Waals surface area (Å²) in [6.07, 6.45) is 5.30. The van der Waals surface area contributed by atoms with Gasteiger partial charge in [0.25, 0.3) is 0 Å². The Hall–Kier alpha value is -0.760. The van der Waals surface area contributed by atoms with E-state index in [0.717, 1.165) is 30.7 Å². The molecule has 2 rings (SSSR count). The molecule has 2 nitrogen and oxygen atoms in total.